The Morgan fingerprint density at radius 2 is 0.511 bits per heavy atom. The number of pyridine rings is 5. The molecule has 0 saturated heterocycles. The highest BCUT2D eigenvalue weighted by atomic mass is 14.7. The van der Waals surface area contributed by atoms with Crippen LogP contribution in [0.3, 0.4) is 0 Å². The molecule has 12 rings (SSSR count). The molecule has 7 aromatic carbocycles. The average Bonchev–Trinajstić information content (AvgIpc) is 1.15. The van der Waals surface area contributed by atoms with Crippen LogP contribution in [0.4, 0.5) is 0 Å². The van der Waals surface area contributed by atoms with Crippen LogP contribution in [-0.4, -0.2) is 24.9 Å². The smallest absolute Gasteiger partial charge is 0.0705 e. The van der Waals surface area contributed by atoms with Gasteiger partial charge < -0.3 is 0 Å². The number of hydrogen-bond donors (Lipinski definition) is 0. The molecule has 0 saturated carbocycles. The third kappa shape index (κ3) is 37.0. The maximum absolute atomic E-state index is 4.65. The highest BCUT2D eigenvalue weighted by molar-refractivity contribution is 5.83. The Morgan fingerprint density at radius 3 is 0.856 bits per heavy atom. The molecule has 0 amide bonds. The van der Waals surface area contributed by atoms with Gasteiger partial charge in [0, 0.05) is 63.6 Å². The van der Waals surface area contributed by atoms with Gasteiger partial charge in [-0.05, 0) is 109 Å². The third-order valence-corrected chi connectivity index (χ3v) is 11.1. The van der Waals surface area contributed by atoms with Crippen molar-refractivity contribution in [1.29, 1.82) is 0 Å². The number of rotatable bonds is 0. The minimum absolute atomic E-state index is 0. The molecule has 5 nitrogen and oxygen atoms in total. The van der Waals surface area contributed by atoms with E-state index in [4.69, 9.17) is 0 Å². The van der Waals surface area contributed by atoms with Gasteiger partial charge >= 0.3 is 0 Å². The Morgan fingerprint density at radius 1 is 0.233 bits per heavy atom. The highest BCUT2D eigenvalue weighted by Gasteiger charge is 2.15. The van der Waals surface area contributed by atoms with E-state index in [1.54, 1.807) is 0 Å². The van der Waals surface area contributed by atoms with Crippen molar-refractivity contribution in [3.8, 4) is 0 Å². The molecule has 0 N–H and O–H groups in total. The van der Waals surface area contributed by atoms with Crippen LogP contribution in [0.15, 0.2) is 249 Å². The molecule has 0 aliphatic carbocycles. The first kappa shape index (κ1) is 79.9. The Bertz CT molecular complexity index is 3170. The van der Waals surface area contributed by atoms with Gasteiger partial charge in [0.25, 0.3) is 0 Å². The maximum Gasteiger partial charge on any atom is 0.0705 e. The van der Waals surface area contributed by atoms with Crippen LogP contribution in [0.5, 0.6) is 0 Å². The van der Waals surface area contributed by atoms with Crippen LogP contribution in [0, 0.1) is 21.7 Å². The minimum atomic E-state index is 0. The van der Waals surface area contributed by atoms with E-state index in [0.717, 1.165) is 27.8 Å². The molecule has 0 aliphatic rings. The molecule has 0 atom stereocenters. The van der Waals surface area contributed by atoms with Crippen LogP contribution in [0.1, 0.15) is 178 Å². The molecule has 0 aliphatic heterocycles. The van der Waals surface area contributed by atoms with Crippen molar-refractivity contribution in [2.75, 3.05) is 0 Å². The Hall–Kier alpha value is -8.15. The highest BCUT2D eigenvalue weighted by Crippen LogP contribution is 2.26. The standard InChI is InChI=1S/2C13H15N.C10H8.3C9H7N.4C5H12.2CH4/c1-13(2,3)11-7-6-10-5-4-8-14-12(10)9-11;1-13(2,3)12-9-8-10-6-4-5-7-11(10)14-12;1-2-6-10-8-4-3-7-9(10)5-1;2*1-2-6-9-8(4-1)5-3-7-10-9;1-2-4-9-7-10-6-5-8(9)3-1;4*1-5(2,3)4;;/h2*4-9H,1-3H3;1-8H;3*1-7H;4*1-4H3;2*1H4. The molecule has 5 aromatic heterocycles. The summed E-state index contributed by atoms with van der Waals surface area (Å²) in [7, 11) is 0. The van der Waals surface area contributed by atoms with E-state index in [2.05, 4.69) is 311 Å². The van der Waals surface area contributed by atoms with Gasteiger partial charge in [-0.3, -0.25) is 24.9 Å². The van der Waals surface area contributed by atoms with Crippen molar-refractivity contribution >= 4 is 65.2 Å². The van der Waals surface area contributed by atoms with Crippen LogP contribution in [0.2, 0.25) is 0 Å². The summed E-state index contributed by atoms with van der Waals surface area (Å²) in [5, 5.41) is 9.88. The van der Waals surface area contributed by atoms with E-state index in [1.807, 2.05) is 116 Å². The van der Waals surface area contributed by atoms with Crippen molar-refractivity contribution in [3.05, 3.63) is 261 Å². The summed E-state index contributed by atoms with van der Waals surface area (Å²) >= 11 is 0. The fourth-order valence-electron chi connectivity index (χ4n) is 7.21. The zero-order valence-electron chi connectivity index (χ0n) is 57.9. The van der Waals surface area contributed by atoms with Gasteiger partial charge in [-0.2, -0.15) is 0 Å². The van der Waals surface area contributed by atoms with Crippen molar-refractivity contribution < 1.29 is 0 Å². The van der Waals surface area contributed by atoms with Gasteiger partial charge in [-0.1, -0.05) is 331 Å². The molecular formula is C85H115N5. The van der Waals surface area contributed by atoms with E-state index in [1.165, 1.54) is 48.7 Å². The van der Waals surface area contributed by atoms with E-state index >= 15 is 0 Å². The van der Waals surface area contributed by atoms with Gasteiger partial charge in [-0.25, -0.2) is 0 Å². The molecule has 0 bridgehead atoms. The Balaban J connectivity index is 0.000000510. The van der Waals surface area contributed by atoms with E-state index in [-0.39, 0.29) is 25.7 Å². The van der Waals surface area contributed by atoms with Crippen molar-refractivity contribution in [2.45, 2.75) is 178 Å². The van der Waals surface area contributed by atoms with Crippen molar-refractivity contribution in [2.24, 2.45) is 21.7 Å². The fraction of sp³-hybridized carbons (Fsp3) is 0.353. The second-order valence-electron chi connectivity index (χ2n) is 30.3. The molecule has 12 aromatic rings. The lowest BCUT2D eigenvalue weighted by molar-refractivity contribution is 0.469. The second-order valence-corrected chi connectivity index (χ2v) is 30.3. The minimum Gasteiger partial charge on any atom is -0.264 e. The Kier molecular flexibility index (Phi) is 34.1. The molecule has 480 valence electrons. The first-order valence-electron chi connectivity index (χ1n) is 31.0. The molecule has 0 fully saturated rings. The summed E-state index contributed by atoms with van der Waals surface area (Å²) in [4.78, 5) is 21.4. The number of hydrogen-bond acceptors (Lipinski definition) is 5. The van der Waals surface area contributed by atoms with Gasteiger partial charge in [0.05, 0.1) is 22.1 Å². The zero-order chi connectivity index (χ0) is 65.6. The lowest BCUT2D eigenvalue weighted by atomic mass is 9.86. The average molecular weight is 1210 g/mol. The van der Waals surface area contributed by atoms with E-state index < -0.39 is 0 Å². The van der Waals surface area contributed by atoms with Crippen LogP contribution in [-0.2, 0) is 10.8 Å². The Labute approximate surface area is 547 Å². The monoisotopic (exact) mass is 1210 g/mol. The number of nitrogens with zero attached hydrogens (tertiary/aromatic N) is 5. The van der Waals surface area contributed by atoms with E-state index in [0.29, 0.717) is 21.7 Å². The molecule has 90 heavy (non-hydrogen) atoms. The fourth-order valence-corrected chi connectivity index (χ4v) is 7.21. The number of fused-ring (bicyclic) bond motifs is 6. The van der Waals surface area contributed by atoms with Crippen LogP contribution >= 0.6 is 0 Å². The van der Waals surface area contributed by atoms with Crippen LogP contribution < -0.4 is 0 Å². The normalized spacial score (nSPS) is 10.8. The lowest BCUT2D eigenvalue weighted by Crippen LogP contribution is -2.13. The topological polar surface area (TPSA) is 64.5 Å². The summed E-state index contributed by atoms with van der Waals surface area (Å²) in [6, 6.07) is 74.1. The summed E-state index contributed by atoms with van der Waals surface area (Å²) in [6.07, 6.45) is 9.14. The van der Waals surface area contributed by atoms with Gasteiger partial charge in [0.15, 0.2) is 0 Å². The SMILES string of the molecule is C.C.CC(C)(C)C.CC(C)(C)C.CC(C)(C)C.CC(C)(C)C.CC(C)(C)c1ccc2ccccc2n1.CC(C)(C)c1ccc2cccnc2c1.c1ccc2ccccc2c1.c1ccc2cnccc2c1.c1ccc2ncccc2c1.c1ccc2ncccc2c1. The largest absolute Gasteiger partial charge is 0.264 e. The molecular weight excluding hydrogens is 1090 g/mol. The van der Waals surface area contributed by atoms with Crippen LogP contribution in [0.25, 0.3) is 65.2 Å². The van der Waals surface area contributed by atoms with E-state index in [9.17, 15) is 0 Å². The summed E-state index contributed by atoms with van der Waals surface area (Å²) in [5.74, 6) is 0. The number of para-hydroxylation sites is 3. The quantitative estimate of drug-likeness (QED) is 0.151. The second kappa shape index (κ2) is 38.4. The van der Waals surface area contributed by atoms with Crippen molar-refractivity contribution in [1.82, 2.24) is 24.9 Å². The van der Waals surface area contributed by atoms with Crippen molar-refractivity contribution in [3.63, 3.8) is 0 Å². The molecule has 0 radical (unpaired) electrons. The lowest BCUT2D eigenvalue weighted by Gasteiger charge is -2.19. The summed E-state index contributed by atoms with van der Waals surface area (Å²) in [5.41, 5.74) is 9.10. The number of aromatic nitrogens is 5. The molecule has 0 spiro atoms. The van der Waals surface area contributed by atoms with Gasteiger partial charge in [-0.15, -0.1) is 0 Å². The first-order chi connectivity index (χ1) is 41.0. The summed E-state index contributed by atoms with van der Waals surface area (Å²) in [6.45, 7) is 48.2. The number of benzene rings is 7. The third-order valence-electron chi connectivity index (χ3n) is 11.1. The van der Waals surface area contributed by atoms with Gasteiger partial charge in [0.1, 0.15) is 0 Å². The molecule has 5 heterocycles. The predicted molar refractivity (Wildman–Crippen MR) is 404 cm³/mol. The molecule has 0 unspecified atom stereocenters. The maximum atomic E-state index is 4.65. The predicted octanol–water partition coefficient (Wildman–Crippen LogP) is 26.1. The zero-order valence-corrected chi connectivity index (χ0v) is 57.9. The van der Waals surface area contributed by atoms with Gasteiger partial charge in [0.2, 0.25) is 0 Å². The summed E-state index contributed by atoms with van der Waals surface area (Å²) < 4.78 is 0. The first-order valence-corrected chi connectivity index (χ1v) is 31.0. The molecule has 5 heteroatoms.